The molecule has 2 rings (SSSR count). The van der Waals surface area contributed by atoms with Gasteiger partial charge in [-0.15, -0.1) is 0 Å². The zero-order chi connectivity index (χ0) is 17.0. The number of hydrogen-bond donors (Lipinski definition) is 1. The molecule has 1 aliphatic rings. The first-order valence-corrected chi connectivity index (χ1v) is 7.49. The minimum Gasteiger partial charge on any atom is -0.355 e. The van der Waals surface area contributed by atoms with Gasteiger partial charge >= 0.3 is 0 Å². The lowest BCUT2D eigenvalue weighted by atomic mass is 10.1. The van der Waals surface area contributed by atoms with E-state index in [0.29, 0.717) is 24.2 Å². The number of fused-ring (bicyclic) bond motifs is 1. The fourth-order valence-electron chi connectivity index (χ4n) is 2.42. The van der Waals surface area contributed by atoms with Crippen LogP contribution >= 0.6 is 0 Å². The fourth-order valence-corrected chi connectivity index (χ4v) is 2.42. The summed E-state index contributed by atoms with van der Waals surface area (Å²) in [5.41, 5.74) is 0.606. The molecule has 0 saturated carbocycles. The Balaban J connectivity index is 2.07. The van der Waals surface area contributed by atoms with Gasteiger partial charge in [0.15, 0.2) is 0 Å². The van der Waals surface area contributed by atoms with Gasteiger partial charge in [0.05, 0.1) is 17.7 Å². The highest BCUT2D eigenvalue weighted by atomic mass is 16.2. The molecule has 7 nitrogen and oxygen atoms in total. The highest BCUT2D eigenvalue weighted by Crippen LogP contribution is 2.22. The summed E-state index contributed by atoms with van der Waals surface area (Å²) in [6.45, 7) is 3.86. The van der Waals surface area contributed by atoms with Crippen molar-refractivity contribution < 1.29 is 19.2 Å². The van der Waals surface area contributed by atoms with Gasteiger partial charge in [-0.3, -0.25) is 24.1 Å². The number of rotatable bonds is 6. The van der Waals surface area contributed by atoms with Crippen molar-refractivity contribution in [3.8, 4) is 0 Å². The number of benzene rings is 1. The lowest BCUT2D eigenvalue weighted by Gasteiger charge is -2.22. The zero-order valence-corrected chi connectivity index (χ0v) is 13.2. The summed E-state index contributed by atoms with van der Waals surface area (Å²) < 4.78 is 0. The lowest BCUT2D eigenvalue weighted by Crippen LogP contribution is -2.46. The van der Waals surface area contributed by atoms with Crippen LogP contribution in [0.25, 0.3) is 0 Å². The van der Waals surface area contributed by atoms with Crippen LogP contribution in [0.3, 0.4) is 0 Å². The van der Waals surface area contributed by atoms with Gasteiger partial charge in [-0.05, 0) is 26.0 Å². The molecule has 0 radical (unpaired) electrons. The Morgan fingerprint density at radius 1 is 1.09 bits per heavy atom. The highest BCUT2D eigenvalue weighted by Gasteiger charge is 2.37. The highest BCUT2D eigenvalue weighted by molar-refractivity contribution is 6.22. The van der Waals surface area contributed by atoms with Crippen LogP contribution in [-0.4, -0.2) is 59.6 Å². The molecule has 0 unspecified atom stereocenters. The maximum absolute atomic E-state index is 12.3. The normalized spacial score (nSPS) is 13.0. The molecular formula is C16H19N3O4. The fraction of sp³-hybridized carbons (Fsp3) is 0.375. The van der Waals surface area contributed by atoms with Crippen LogP contribution in [0.5, 0.6) is 0 Å². The maximum Gasteiger partial charge on any atom is 0.262 e. The van der Waals surface area contributed by atoms with E-state index in [0.717, 1.165) is 4.90 Å². The van der Waals surface area contributed by atoms with Crippen molar-refractivity contribution in [3.63, 3.8) is 0 Å². The van der Waals surface area contributed by atoms with Crippen molar-refractivity contribution in [1.29, 1.82) is 0 Å². The molecule has 0 aliphatic carbocycles. The van der Waals surface area contributed by atoms with Gasteiger partial charge in [-0.25, -0.2) is 0 Å². The molecule has 1 aromatic rings. The monoisotopic (exact) mass is 317 g/mol. The number of imide groups is 1. The Bertz CT molecular complexity index is 621. The molecule has 23 heavy (non-hydrogen) atoms. The molecule has 1 N–H and O–H groups in total. The predicted octanol–water partition coefficient (Wildman–Crippen LogP) is 0.267. The van der Waals surface area contributed by atoms with E-state index in [1.165, 1.54) is 4.90 Å². The van der Waals surface area contributed by atoms with E-state index >= 15 is 0 Å². The van der Waals surface area contributed by atoms with Crippen LogP contribution in [0.4, 0.5) is 0 Å². The number of carbonyl (C=O) groups excluding carboxylic acids is 4. The molecular weight excluding hydrogens is 298 g/mol. The van der Waals surface area contributed by atoms with Gasteiger partial charge in [0.25, 0.3) is 11.8 Å². The van der Waals surface area contributed by atoms with Crippen LogP contribution < -0.4 is 5.32 Å². The number of likely N-dealkylation sites (N-methyl/N-ethyl adjacent to an activating group) is 2. The summed E-state index contributed by atoms with van der Waals surface area (Å²) in [5, 5.41) is 2.61. The Labute approximate surface area is 134 Å². The Morgan fingerprint density at radius 2 is 1.65 bits per heavy atom. The number of nitrogens with one attached hydrogen (secondary N) is 1. The third-order valence-electron chi connectivity index (χ3n) is 3.61. The van der Waals surface area contributed by atoms with E-state index in [2.05, 4.69) is 5.32 Å². The number of carbonyl (C=O) groups is 4. The second-order valence-corrected chi connectivity index (χ2v) is 5.10. The molecule has 1 aromatic carbocycles. The molecule has 1 heterocycles. The van der Waals surface area contributed by atoms with Crippen molar-refractivity contribution in [3.05, 3.63) is 35.4 Å². The Kier molecular flexibility index (Phi) is 5.10. The third-order valence-corrected chi connectivity index (χ3v) is 3.61. The van der Waals surface area contributed by atoms with E-state index in [1.807, 2.05) is 0 Å². The third kappa shape index (κ3) is 3.39. The van der Waals surface area contributed by atoms with Crippen LogP contribution in [0.1, 0.15) is 34.6 Å². The Morgan fingerprint density at radius 3 is 2.13 bits per heavy atom. The van der Waals surface area contributed by atoms with E-state index in [4.69, 9.17) is 0 Å². The van der Waals surface area contributed by atoms with Gasteiger partial charge in [0, 0.05) is 13.1 Å². The van der Waals surface area contributed by atoms with E-state index < -0.39 is 17.7 Å². The molecule has 0 saturated heterocycles. The van der Waals surface area contributed by atoms with E-state index in [-0.39, 0.29) is 19.0 Å². The molecule has 4 amide bonds. The molecule has 0 bridgehead atoms. The lowest BCUT2D eigenvalue weighted by molar-refractivity contribution is -0.136. The van der Waals surface area contributed by atoms with Gasteiger partial charge in [-0.1, -0.05) is 12.1 Å². The minimum atomic E-state index is -0.479. The van der Waals surface area contributed by atoms with Crippen molar-refractivity contribution in [1.82, 2.24) is 15.1 Å². The Hall–Kier alpha value is -2.70. The summed E-state index contributed by atoms with van der Waals surface area (Å²) in [6.07, 6.45) is 0. The first kappa shape index (κ1) is 16.7. The van der Waals surface area contributed by atoms with Crippen LogP contribution in [0.2, 0.25) is 0 Å². The predicted molar refractivity (Wildman–Crippen MR) is 82.7 cm³/mol. The maximum atomic E-state index is 12.3. The second-order valence-electron chi connectivity index (χ2n) is 5.10. The SMILES string of the molecule is CCNC(=O)CN(CC)C(=O)CN1C(=O)c2ccccc2C1=O. The molecule has 122 valence electrons. The number of hydrogen-bond acceptors (Lipinski definition) is 4. The average Bonchev–Trinajstić information content (AvgIpc) is 2.78. The number of nitrogens with zero attached hydrogens (tertiary/aromatic N) is 2. The van der Waals surface area contributed by atoms with Crippen LogP contribution in [-0.2, 0) is 9.59 Å². The summed E-state index contributed by atoms with van der Waals surface area (Å²) in [4.78, 5) is 50.6. The van der Waals surface area contributed by atoms with Gasteiger partial charge in [0.2, 0.25) is 11.8 Å². The summed E-state index contributed by atoms with van der Waals surface area (Å²) in [7, 11) is 0. The smallest absolute Gasteiger partial charge is 0.262 e. The van der Waals surface area contributed by atoms with Crippen molar-refractivity contribution in [2.75, 3.05) is 26.2 Å². The standard InChI is InChI=1S/C16H19N3O4/c1-3-17-13(20)9-18(4-2)14(21)10-19-15(22)11-7-5-6-8-12(11)16(19)23/h5-8H,3-4,9-10H2,1-2H3,(H,17,20). The summed E-state index contributed by atoms with van der Waals surface area (Å²) in [5.74, 6) is -1.67. The van der Waals surface area contributed by atoms with Crippen LogP contribution in [0, 0.1) is 0 Å². The number of amides is 4. The summed E-state index contributed by atoms with van der Waals surface area (Å²) in [6, 6.07) is 6.46. The average molecular weight is 317 g/mol. The molecule has 1 aliphatic heterocycles. The van der Waals surface area contributed by atoms with Crippen LogP contribution in [0.15, 0.2) is 24.3 Å². The first-order chi connectivity index (χ1) is 11.0. The van der Waals surface area contributed by atoms with Gasteiger partial charge in [-0.2, -0.15) is 0 Å². The molecule has 0 aromatic heterocycles. The van der Waals surface area contributed by atoms with Gasteiger partial charge < -0.3 is 10.2 Å². The molecule has 0 atom stereocenters. The summed E-state index contributed by atoms with van der Waals surface area (Å²) >= 11 is 0. The second kappa shape index (κ2) is 7.04. The first-order valence-electron chi connectivity index (χ1n) is 7.49. The van der Waals surface area contributed by atoms with E-state index in [9.17, 15) is 19.2 Å². The molecule has 7 heteroatoms. The minimum absolute atomic E-state index is 0.0909. The molecule has 0 spiro atoms. The largest absolute Gasteiger partial charge is 0.355 e. The van der Waals surface area contributed by atoms with Crippen molar-refractivity contribution in [2.45, 2.75) is 13.8 Å². The van der Waals surface area contributed by atoms with Crippen molar-refractivity contribution >= 4 is 23.6 Å². The quantitative estimate of drug-likeness (QED) is 0.763. The van der Waals surface area contributed by atoms with E-state index in [1.54, 1.807) is 38.1 Å². The molecule has 0 fully saturated rings. The van der Waals surface area contributed by atoms with Gasteiger partial charge in [0.1, 0.15) is 6.54 Å². The topological polar surface area (TPSA) is 86.8 Å². The zero-order valence-electron chi connectivity index (χ0n) is 13.2. The van der Waals surface area contributed by atoms with Crippen molar-refractivity contribution in [2.24, 2.45) is 0 Å².